The lowest BCUT2D eigenvalue weighted by Gasteiger charge is -2.41. The first kappa shape index (κ1) is 17.3. The van der Waals surface area contributed by atoms with E-state index in [4.69, 9.17) is 5.73 Å². The van der Waals surface area contributed by atoms with Crippen molar-refractivity contribution in [3.05, 3.63) is 36.0 Å². The highest BCUT2D eigenvalue weighted by Crippen LogP contribution is 3.02. The number of aryl methyl sites for hydroxylation is 1. The van der Waals surface area contributed by atoms with E-state index in [2.05, 4.69) is 9.97 Å². The van der Waals surface area contributed by atoms with E-state index in [1.54, 1.807) is 11.8 Å². The molecule has 10 heteroatoms. The number of hydrogen-bond acceptors (Lipinski definition) is 4. The van der Waals surface area contributed by atoms with Crippen LogP contribution in [0.5, 0.6) is 0 Å². The Morgan fingerprint density at radius 2 is 1.78 bits per heavy atom. The minimum Gasteiger partial charge on any atom is -0.368 e. The molecule has 0 spiro atoms. The molecule has 0 atom stereocenters. The Hall–Kier alpha value is -2.10. The molecule has 2 aromatic rings. The summed E-state index contributed by atoms with van der Waals surface area (Å²) in [6.45, 7) is 3.43. The van der Waals surface area contributed by atoms with Crippen LogP contribution in [0.3, 0.4) is 0 Å². The summed E-state index contributed by atoms with van der Waals surface area (Å²) >= 11 is 0. The van der Waals surface area contributed by atoms with Crippen LogP contribution in [0.15, 0.2) is 35.4 Å². The molecule has 1 heterocycles. The summed E-state index contributed by atoms with van der Waals surface area (Å²) in [6, 6.07) is 3.36. The van der Waals surface area contributed by atoms with Gasteiger partial charge in [-0.25, -0.2) is 4.98 Å². The van der Waals surface area contributed by atoms with Crippen LogP contribution in [0.2, 0.25) is 0 Å². The average Bonchev–Trinajstić information content (AvgIpc) is 2.38. The van der Waals surface area contributed by atoms with Crippen molar-refractivity contribution >= 4 is 27.7 Å². The minimum atomic E-state index is -9.70. The number of halogens is 5. The van der Waals surface area contributed by atoms with Crippen LogP contribution in [0.25, 0.3) is 0 Å². The predicted octanol–water partition coefficient (Wildman–Crippen LogP) is 5.18. The molecular formula is C13H15F5N4S. The highest BCUT2D eigenvalue weighted by Gasteiger charge is 2.65. The summed E-state index contributed by atoms with van der Waals surface area (Å²) in [5, 5.41) is 0. The zero-order valence-electron chi connectivity index (χ0n) is 12.3. The standard InChI is InChI=1S/C13H15F5N4S/c1-3-22(12-6-7-20-13(19)21-12)11-5-4-10(8-9(11)2)23(14,15,16,17)18/h4-8H,3H2,1-2H3,(H2,19,20,21). The second kappa shape index (κ2) is 4.70. The SMILES string of the molecule is CCN(c1ccnc(N)n1)c1ccc(S(F)(F)(F)(F)F)cc1C. The Morgan fingerprint density at radius 1 is 1.13 bits per heavy atom. The maximum absolute atomic E-state index is 12.9. The molecule has 0 radical (unpaired) electrons. The smallest absolute Gasteiger partial charge is 0.310 e. The molecule has 2 rings (SSSR count). The van der Waals surface area contributed by atoms with E-state index in [9.17, 15) is 19.4 Å². The highest BCUT2D eigenvalue weighted by atomic mass is 32.5. The Bertz CT molecular complexity index is 748. The third-order valence-electron chi connectivity index (χ3n) is 3.16. The quantitative estimate of drug-likeness (QED) is 0.769. The lowest BCUT2D eigenvalue weighted by Crippen LogP contribution is -2.19. The molecule has 0 saturated heterocycles. The number of anilines is 3. The first-order valence-corrected chi connectivity index (χ1v) is 8.48. The van der Waals surface area contributed by atoms with E-state index in [1.807, 2.05) is 0 Å². The van der Waals surface area contributed by atoms with Gasteiger partial charge in [-0.3, -0.25) is 0 Å². The predicted molar refractivity (Wildman–Crippen MR) is 81.7 cm³/mol. The maximum atomic E-state index is 12.9. The Labute approximate surface area is 129 Å². The molecule has 128 valence electrons. The van der Waals surface area contributed by atoms with Gasteiger partial charge in [0.15, 0.2) is 0 Å². The molecule has 1 aromatic heterocycles. The number of benzene rings is 1. The second-order valence-electron chi connectivity index (χ2n) is 4.93. The Balaban J connectivity index is 2.53. The molecule has 0 amide bonds. The van der Waals surface area contributed by atoms with Crippen molar-refractivity contribution in [1.82, 2.24) is 9.97 Å². The topological polar surface area (TPSA) is 55.0 Å². The fourth-order valence-corrected chi connectivity index (χ4v) is 2.87. The van der Waals surface area contributed by atoms with Crippen LogP contribution in [-0.2, 0) is 0 Å². The van der Waals surface area contributed by atoms with Crippen molar-refractivity contribution < 1.29 is 19.4 Å². The van der Waals surface area contributed by atoms with Gasteiger partial charge in [-0.05, 0) is 43.7 Å². The summed E-state index contributed by atoms with van der Waals surface area (Å²) in [7, 11) is -9.70. The summed E-state index contributed by atoms with van der Waals surface area (Å²) < 4.78 is 64.3. The molecule has 0 unspecified atom stereocenters. The lowest BCUT2D eigenvalue weighted by molar-refractivity contribution is 0.364. The monoisotopic (exact) mass is 354 g/mol. The van der Waals surface area contributed by atoms with Crippen molar-refractivity contribution in [3.8, 4) is 0 Å². The van der Waals surface area contributed by atoms with Gasteiger partial charge >= 0.3 is 10.2 Å². The third-order valence-corrected chi connectivity index (χ3v) is 4.30. The van der Waals surface area contributed by atoms with Crippen molar-refractivity contribution in [2.45, 2.75) is 18.7 Å². The summed E-state index contributed by atoms with van der Waals surface area (Å²) in [5.41, 5.74) is 5.87. The molecule has 0 aliphatic rings. The van der Waals surface area contributed by atoms with Gasteiger partial charge in [-0.15, -0.1) is 0 Å². The van der Waals surface area contributed by atoms with E-state index < -0.39 is 15.1 Å². The first-order chi connectivity index (χ1) is 10.3. The molecule has 0 fully saturated rings. The van der Waals surface area contributed by atoms with Gasteiger partial charge in [0.2, 0.25) is 5.95 Å². The van der Waals surface area contributed by atoms with Crippen molar-refractivity contribution in [2.75, 3.05) is 17.2 Å². The van der Waals surface area contributed by atoms with E-state index in [-0.39, 0.29) is 11.5 Å². The zero-order valence-corrected chi connectivity index (χ0v) is 13.1. The van der Waals surface area contributed by atoms with Crippen molar-refractivity contribution in [2.24, 2.45) is 0 Å². The van der Waals surface area contributed by atoms with Gasteiger partial charge in [0.1, 0.15) is 10.7 Å². The summed E-state index contributed by atoms with van der Waals surface area (Å²) in [5.74, 6) is 0.366. The van der Waals surface area contributed by atoms with Crippen LogP contribution in [0.4, 0.5) is 36.9 Å². The van der Waals surface area contributed by atoms with E-state index >= 15 is 0 Å². The van der Waals surface area contributed by atoms with Gasteiger partial charge in [-0.1, -0.05) is 19.4 Å². The largest absolute Gasteiger partial charge is 0.368 e. The van der Waals surface area contributed by atoms with Gasteiger partial charge in [-0.2, -0.15) is 4.98 Å². The fourth-order valence-electron chi connectivity index (χ4n) is 2.14. The lowest BCUT2D eigenvalue weighted by atomic mass is 10.2. The molecule has 4 nitrogen and oxygen atoms in total. The van der Waals surface area contributed by atoms with Gasteiger partial charge < -0.3 is 10.6 Å². The fraction of sp³-hybridized carbons (Fsp3) is 0.231. The number of hydrogen-bond donors (Lipinski definition) is 1. The van der Waals surface area contributed by atoms with Crippen molar-refractivity contribution in [1.29, 1.82) is 0 Å². The average molecular weight is 354 g/mol. The Kier molecular flexibility index (Phi) is 3.52. The molecule has 1 aromatic carbocycles. The molecule has 2 N–H and O–H groups in total. The third kappa shape index (κ3) is 3.81. The number of nitrogens with zero attached hydrogens (tertiary/aromatic N) is 3. The number of aromatic nitrogens is 2. The van der Waals surface area contributed by atoms with E-state index in [1.165, 1.54) is 19.2 Å². The number of nitrogens with two attached hydrogens (primary N) is 1. The molecule has 23 heavy (non-hydrogen) atoms. The summed E-state index contributed by atoms with van der Waals surface area (Å²) in [6.07, 6.45) is 1.40. The van der Waals surface area contributed by atoms with Crippen LogP contribution >= 0.6 is 10.2 Å². The van der Waals surface area contributed by atoms with Crippen LogP contribution in [0, 0.1) is 6.92 Å². The van der Waals surface area contributed by atoms with Crippen LogP contribution in [0.1, 0.15) is 12.5 Å². The normalized spacial score (nSPS) is 14.9. The van der Waals surface area contributed by atoms with E-state index in [0.717, 1.165) is 6.07 Å². The van der Waals surface area contributed by atoms with Gasteiger partial charge in [0.25, 0.3) is 0 Å². The highest BCUT2D eigenvalue weighted by molar-refractivity contribution is 8.45. The Morgan fingerprint density at radius 3 is 2.26 bits per heavy atom. The van der Waals surface area contributed by atoms with E-state index in [0.29, 0.717) is 30.2 Å². The van der Waals surface area contributed by atoms with Gasteiger partial charge in [0.05, 0.1) is 0 Å². The minimum absolute atomic E-state index is 0.00207. The number of rotatable bonds is 4. The molecular weight excluding hydrogens is 339 g/mol. The van der Waals surface area contributed by atoms with Crippen LogP contribution in [-0.4, -0.2) is 16.5 Å². The summed E-state index contributed by atoms with van der Waals surface area (Å²) in [4.78, 5) is 7.37. The molecule has 0 saturated carbocycles. The van der Waals surface area contributed by atoms with Crippen LogP contribution < -0.4 is 10.6 Å². The molecule has 0 aliphatic carbocycles. The first-order valence-electron chi connectivity index (χ1n) is 6.52. The maximum Gasteiger partial charge on any atom is 0.310 e. The van der Waals surface area contributed by atoms with Crippen molar-refractivity contribution in [3.63, 3.8) is 0 Å². The van der Waals surface area contributed by atoms with Gasteiger partial charge in [0, 0.05) is 18.4 Å². The second-order valence-corrected chi connectivity index (χ2v) is 7.34. The molecule has 0 aliphatic heterocycles. The molecule has 0 bridgehead atoms. The number of nitrogen functional groups attached to an aromatic ring is 1. The zero-order chi connectivity index (χ0) is 17.5.